The topological polar surface area (TPSA) is 201 Å². The summed E-state index contributed by atoms with van der Waals surface area (Å²) in [6.45, 7) is 11.2. The van der Waals surface area contributed by atoms with E-state index in [0.717, 1.165) is 64.2 Å². The van der Waals surface area contributed by atoms with Gasteiger partial charge in [-0.2, -0.15) is 0 Å². The fraction of sp³-hybridized carbons (Fsp3) is 0.923. The third-order valence-electron chi connectivity index (χ3n) is 13.7. The maximum absolute atomic E-state index is 10.1. The third kappa shape index (κ3) is 108. The van der Waals surface area contributed by atoms with Crippen molar-refractivity contribution in [2.75, 3.05) is 0 Å². The van der Waals surface area contributed by atoms with E-state index in [9.17, 15) is 49.5 Å². The second kappa shape index (κ2) is 81.8. The Morgan fingerprint density at radius 3 is 0.329 bits per heavy atom. The smallest absolute Gasteiger partial charge is 0.0414 e. The summed E-state index contributed by atoms with van der Waals surface area (Å²) in [6.07, 6.45) is 63.0. The van der Waals surface area contributed by atoms with Gasteiger partial charge in [-0.05, 0) is 64.2 Å². The predicted octanol–water partition coefficient (Wildman–Crippen LogP) is 15.2. The van der Waals surface area contributed by atoms with E-state index < -0.39 is 29.8 Å². The van der Waals surface area contributed by atoms with Crippen molar-refractivity contribution in [2.24, 2.45) is 0 Å². The molecule has 455 valence electrons. The number of carboxylic acid groups (broad SMARTS) is 5. The number of hydrogen-bond acceptors (Lipinski definition) is 10. The average molecular weight is 1120 g/mol. The van der Waals surface area contributed by atoms with Crippen LogP contribution in [0.1, 0.15) is 388 Å². The maximum atomic E-state index is 10.1. The monoisotopic (exact) mass is 1120 g/mol. The first kappa shape index (κ1) is 85.2. The number of hydrogen-bond donors (Lipinski definition) is 0. The van der Waals surface area contributed by atoms with E-state index in [0.29, 0.717) is 0 Å². The molecule has 0 unspecified atom stereocenters. The van der Waals surface area contributed by atoms with Gasteiger partial charge >= 0.3 is 0 Å². The molecule has 0 aliphatic carbocycles. The standard InChI is InChI=1S/5C13H26O2.V/c5*1-2-3-4-5-6-7-8-9-10-11-12-13(14)15;/h5*2-12H2,1H3,(H,14,15);/p-5. The van der Waals surface area contributed by atoms with Gasteiger partial charge in [0, 0.05) is 48.4 Å². The molecule has 0 amide bonds. The molecular weight excluding hydrogens is 992 g/mol. The Kier molecular flexibility index (Phi) is 91.7. The maximum Gasteiger partial charge on any atom is 0.0414 e. The van der Waals surface area contributed by atoms with Crippen molar-refractivity contribution in [3.63, 3.8) is 0 Å². The van der Waals surface area contributed by atoms with E-state index in [1.54, 1.807) is 0 Å². The Bertz CT molecular complexity index is 922. The number of unbranched alkanes of at least 4 members (excludes halogenated alkanes) is 45. The zero-order valence-electron chi connectivity index (χ0n) is 50.9. The summed E-state index contributed by atoms with van der Waals surface area (Å²) in [5.74, 6) is -4.54. The summed E-state index contributed by atoms with van der Waals surface area (Å²) in [7, 11) is 0. The van der Waals surface area contributed by atoms with Gasteiger partial charge in [-0.15, -0.1) is 0 Å². The molecule has 0 aromatic rings. The number of aliphatic carboxylic acids is 5. The third-order valence-corrected chi connectivity index (χ3v) is 13.7. The summed E-state index contributed by atoms with van der Waals surface area (Å²) in [4.78, 5) is 50.6. The zero-order chi connectivity index (χ0) is 56.8. The molecule has 0 aromatic carbocycles. The van der Waals surface area contributed by atoms with Crippen molar-refractivity contribution in [3.8, 4) is 0 Å². The van der Waals surface area contributed by atoms with Crippen molar-refractivity contribution in [1.29, 1.82) is 0 Å². The van der Waals surface area contributed by atoms with Crippen molar-refractivity contribution in [2.45, 2.75) is 388 Å². The fourth-order valence-electron chi connectivity index (χ4n) is 8.78. The number of carboxylic acids is 5. The normalized spacial score (nSPS) is 10.3. The van der Waals surface area contributed by atoms with Crippen LogP contribution in [0.5, 0.6) is 0 Å². The molecule has 0 rings (SSSR count). The molecule has 0 saturated heterocycles. The minimum Gasteiger partial charge on any atom is -0.550 e. The van der Waals surface area contributed by atoms with E-state index in [1.165, 1.54) is 257 Å². The molecule has 0 aliphatic heterocycles. The van der Waals surface area contributed by atoms with E-state index in [2.05, 4.69) is 34.6 Å². The van der Waals surface area contributed by atoms with Crippen LogP contribution >= 0.6 is 0 Å². The molecule has 0 atom stereocenters. The molecule has 10 nitrogen and oxygen atoms in total. The summed E-state index contributed by atoms with van der Waals surface area (Å²) < 4.78 is 0. The molecule has 0 saturated carbocycles. The van der Waals surface area contributed by atoms with Crippen LogP contribution in [0.4, 0.5) is 0 Å². The first-order valence-corrected chi connectivity index (χ1v) is 32.3. The Morgan fingerprint density at radius 1 is 0.171 bits per heavy atom. The molecule has 0 N–H and O–H groups in total. The van der Waals surface area contributed by atoms with E-state index in [-0.39, 0.29) is 50.7 Å². The van der Waals surface area contributed by atoms with Crippen LogP contribution in [0.3, 0.4) is 0 Å². The average Bonchev–Trinajstić information content (AvgIpc) is 3.37. The van der Waals surface area contributed by atoms with Crippen LogP contribution in [0.15, 0.2) is 0 Å². The van der Waals surface area contributed by atoms with Gasteiger partial charge in [0.15, 0.2) is 0 Å². The molecule has 0 bridgehead atoms. The van der Waals surface area contributed by atoms with Gasteiger partial charge in [0.1, 0.15) is 0 Å². The second-order valence-corrected chi connectivity index (χ2v) is 21.5. The fourth-order valence-corrected chi connectivity index (χ4v) is 8.78. The van der Waals surface area contributed by atoms with Crippen molar-refractivity contribution < 1.29 is 68.1 Å². The summed E-state index contributed by atoms with van der Waals surface area (Å²) >= 11 is 0. The Morgan fingerprint density at radius 2 is 0.250 bits per heavy atom. The SMILES string of the molecule is CCCCCCCCCCCCC(=O)[O-].CCCCCCCCCCCCC(=O)[O-].CCCCCCCCCCCCC(=O)[O-].CCCCCCCCCCCCC(=O)[O-].CCCCCCCCCCCCC(=O)[O-].[V]. The summed E-state index contributed by atoms with van der Waals surface area (Å²) in [5, 5.41) is 50.6. The van der Waals surface area contributed by atoms with Crippen LogP contribution in [0, 0.1) is 0 Å². The van der Waals surface area contributed by atoms with Crippen LogP contribution in [0.25, 0.3) is 0 Å². The van der Waals surface area contributed by atoms with Gasteiger partial charge in [0.2, 0.25) is 0 Å². The molecule has 0 spiro atoms. The largest absolute Gasteiger partial charge is 0.550 e. The number of carbonyl (C=O) groups excluding carboxylic acids is 5. The van der Waals surface area contributed by atoms with Gasteiger partial charge in [0.05, 0.1) is 0 Å². The van der Waals surface area contributed by atoms with Crippen molar-refractivity contribution >= 4 is 29.8 Å². The van der Waals surface area contributed by atoms with Crippen LogP contribution < -0.4 is 25.5 Å². The van der Waals surface area contributed by atoms with Gasteiger partial charge in [-0.3, -0.25) is 0 Å². The molecule has 11 heteroatoms. The molecular formula is C65H125O10V-5. The van der Waals surface area contributed by atoms with Crippen molar-refractivity contribution in [3.05, 3.63) is 0 Å². The number of rotatable bonds is 55. The first-order chi connectivity index (χ1) is 36.4. The number of carbonyl (C=O) groups is 5. The first-order valence-electron chi connectivity index (χ1n) is 32.3. The zero-order valence-corrected chi connectivity index (χ0v) is 52.3. The summed E-state index contributed by atoms with van der Waals surface area (Å²) in [6, 6.07) is 0. The molecule has 0 aliphatic rings. The molecule has 0 aromatic heterocycles. The summed E-state index contributed by atoms with van der Waals surface area (Å²) in [5.41, 5.74) is 0. The van der Waals surface area contributed by atoms with E-state index in [4.69, 9.17) is 0 Å². The van der Waals surface area contributed by atoms with Crippen LogP contribution in [-0.4, -0.2) is 29.8 Å². The Hall–Kier alpha value is -2.07. The van der Waals surface area contributed by atoms with Gasteiger partial charge in [0.25, 0.3) is 0 Å². The quantitative estimate of drug-likeness (QED) is 0.0528. The van der Waals surface area contributed by atoms with Crippen LogP contribution in [0.2, 0.25) is 0 Å². The van der Waals surface area contributed by atoms with E-state index >= 15 is 0 Å². The minimum absolute atomic E-state index is 0. The van der Waals surface area contributed by atoms with Crippen molar-refractivity contribution in [1.82, 2.24) is 0 Å². The minimum atomic E-state index is -0.908. The van der Waals surface area contributed by atoms with Gasteiger partial charge in [-0.25, -0.2) is 0 Å². The Balaban J connectivity index is -0.000000201. The van der Waals surface area contributed by atoms with Gasteiger partial charge < -0.3 is 49.5 Å². The van der Waals surface area contributed by atoms with Gasteiger partial charge in [-0.1, -0.05) is 324 Å². The molecule has 1 radical (unpaired) electrons. The Labute approximate surface area is 483 Å². The van der Waals surface area contributed by atoms with Crippen LogP contribution in [-0.2, 0) is 42.5 Å². The molecule has 76 heavy (non-hydrogen) atoms. The molecule has 0 fully saturated rings. The molecule has 0 heterocycles. The van der Waals surface area contributed by atoms with E-state index in [1.807, 2.05) is 0 Å². The second-order valence-electron chi connectivity index (χ2n) is 21.5. The predicted molar refractivity (Wildman–Crippen MR) is 307 cm³/mol.